The van der Waals surface area contributed by atoms with Crippen LogP contribution in [0, 0.1) is 0 Å². The summed E-state index contributed by atoms with van der Waals surface area (Å²) in [6.45, 7) is 4.09. The molecule has 0 fully saturated rings. The van der Waals surface area contributed by atoms with Crippen LogP contribution in [0.3, 0.4) is 0 Å². The van der Waals surface area contributed by atoms with E-state index in [2.05, 4.69) is 51.8 Å². The smallest absolute Gasteiger partial charge is 0.0300 e. The van der Waals surface area contributed by atoms with Crippen molar-refractivity contribution in [3.63, 3.8) is 0 Å². The Bertz CT molecular complexity index is 268. The second kappa shape index (κ2) is 6.35. The molecular weight excluding hydrogens is 246 g/mol. The summed E-state index contributed by atoms with van der Waals surface area (Å²) in [5.74, 6) is 0. The van der Waals surface area contributed by atoms with Gasteiger partial charge >= 0.3 is 0 Å². The van der Waals surface area contributed by atoms with Crippen molar-refractivity contribution < 1.29 is 0 Å². The lowest BCUT2D eigenvalue weighted by Gasteiger charge is -1.98. The predicted molar refractivity (Wildman–Crippen MR) is 63.2 cm³/mol. The lowest BCUT2D eigenvalue weighted by Crippen LogP contribution is -2.12. The largest absolute Gasteiger partial charge is 0.312 e. The van der Waals surface area contributed by atoms with Crippen molar-refractivity contribution in [2.75, 3.05) is 6.54 Å². The average molecular weight is 260 g/mol. The van der Waals surface area contributed by atoms with Crippen LogP contribution in [0.4, 0.5) is 0 Å². The molecule has 0 saturated carbocycles. The van der Waals surface area contributed by atoms with E-state index in [0.717, 1.165) is 19.5 Å². The molecule has 0 aromatic carbocycles. The van der Waals surface area contributed by atoms with Crippen LogP contribution in [-0.2, 0) is 6.54 Å². The van der Waals surface area contributed by atoms with Crippen molar-refractivity contribution in [2.45, 2.75) is 19.9 Å². The number of rotatable bonds is 5. The van der Waals surface area contributed by atoms with Gasteiger partial charge < -0.3 is 5.32 Å². The van der Waals surface area contributed by atoms with E-state index in [1.54, 1.807) is 11.3 Å². The van der Waals surface area contributed by atoms with E-state index in [0.29, 0.717) is 0 Å². The fourth-order valence-corrected chi connectivity index (χ4v) is 2.43. The average Bonchev–Trinajstić information content (AvgIpc) is 2.51. The molecule has 1 heterocycles. The highest BCUT2D eigenvalue weighted by Gasteiger charge is 1.95. The van der Waals surface area contributed by atoms with Gasteiger partial charge in [-0.05, 0) is 41.9 Å². The fraction of sp³-hybridized carbons (Fsp3) is 0.400. The van der Waals surface area contributed by atoms with Crippen LogP contribution >= 0.6 is 27.3 Å². The molecule has 0 saturated heterocycles. The molecule has 0 aliphatic rings. The number of halogens is 1. The number of hydrogen-bond acceptors (Lipinski definition) is 2. The second-order valence-corrected chi connectivity index (χ2v) is 4.68. The van der Waals surface area contributed by atoms with Crippen molar-refractivity contribution in [1.29, 1.82) is 0 Å². The minimum atomic E-state index is 0.980. The normalized spacial score (nSPS) is 11.2. The zero-order chi connectivity index (χ0) is 9.52. The molecule has 0 amide bonds. The molecule has 0 unspecified atom stereocenters. The third-order valence-corrected chi connectivity index (χ3v) is 3.34. The molecule has 0 atom stereocenters. The van der Waals surface area contributed by atoms with E-state index < -0.39 is 0 Å². The van der Waals surface area contributed by atoms with Crippen molar-refractivity contribution in [1.82, 2.24) is 5.32 Å². The van der Waals surface area contributed by atoms with Crippen molar-refractivity contribution in [3.8, 4) is 0 Å². The molecule has 0 radical (unpaired) electrons. The molecule has 0 bridgehead atoms. The van der Waals surface area contributed by atoms with Crippen LogP contribution in [0.2, 0.25) is 0 Å². The first-order valence-corrected chi connectivity index (χ1v) is 6.05. The Morgan fingerprint density at radius 3 is 3.08 bits per heavy atom. The maximum absolute atomic E-state index is 3.44. The SMILES string of the molecule is C/C=C/CCNCc1cc(Br)cs1. The molecule has 1 nitrogen and oxygen atoms in total. The van der Waals surface area contributed by atoms with Gasteiger partial charge in [0, 0.05) is 21.3 Å². The molecule has 1 rings (SSSR count). The molecule has 0 aliphatic heterocycles. The fourth-order valence-electron chi connectivity index (χ4n) is 1.01. The summed E-state index contributed by atoms with van der Waals surface area (Å²) < 4.78 is 1.18. The molecule has 1 aromatic heterocycles. The Morgan fingerprint density at radius 1 is 1.62 bits per heavy atom. The van der Waals surface area contributed by atoms with Crippen molar-refractivity contribution >= 4 is 27.3 Å². The summed E-state index contributed by atoms with van der Waals surface area (Å²) in [5.41, 5.74) is 0. The zero-order valence-corrected chi connectivity index (χ0v) is 10.1. The molecule has 0 spiro atoms. The van der Waals surface area contributed by atoms with Gasteiger partial charge in [-0.15, -0.1) is 11.3 Å². The highest BCUT2D eigenvalue weighted by atomic mass is 79.9. The lowest BCUT2D eigenvalue weighted by atomic mass is 10.4. The Balaban J connectivity index is 2.13. The van der Waals surface area contributed by atoms with Crippen LogP contribution in [0.15, 0.2) is 28.1 Å². The first kappa shape index (κ1) is 11.0. The lowest BCUT2D eigenvalue weighted by molar-refractivity contribution is 0.702. The van der Waals surface area contributed by atoms with Gasteiger partial charge in [-0.25, -0.2) is 0 Å². The summed E-state index contributed by atoms with van der Waals surface area (Å²) >= 11 is 5.22. The molecule has 13 heavy (non-hydrogen) atoms. The van der Waals surface area contributed by atoms with Gasteiger partial charge in [0.2, 0.25) is 0 Å². The zero-order valence-electron chi connectivity index (χ0n) is 7.72. The number of thiophene rings is 1. The Labute approximate surface area is 92.0 Å². The monoisotopic (exact) mass is 259 g/mol. The molecule has 3 heteroatoms. The van der Waals surface area contributed by atoms with Gasteiger partial charge in [-0.2, -0.15) is 0 Å². The molecule has 1 N–H and O–H groups in total. The third kappa shape index (κ3) is 4.60. The van der Waals surface area contributed by atoms with Crippen LogP contribution in [0.5, 0.6) is 0 Å². The summed E-state index contributed by atoms with van der Waals surface area (Å²) in [6.07, 6.45) is 5.38. The van der Waals surface area contributed by atoms with Crippen LogP contribution in [0.1, 0.15) is 18.2 Å². The summed E-state index contributed by atoms with van der Waals surface area (Å²) in [7, 11) is 0. The Morgan fingerprint density at radius 2 is 2.46 bits per heavy atom. The van der Waals surface area contributed by atoms with E-state index in [-0.39, 0.29) is 0 Å². The van der Waals surface area contributed by atoms with Crippen LogP contribution in [0.25, 0.3) is 0 Å². The van der Waals surface area contributed by atoms with Gasteiger partial charge in [0.1, 0.15) is 0 Å². The minimum absolute atomic E-state index is 0.980. The molecule has 1 aromatic rings. The topological polar surface area (TPSA) is 12.0 Å². The highest BCUT2D eigenvalue weighted by molar-refractivity contribution is 9.10. The summed E-state index contributed by atoms with van der Waals surface area (Å²) in [4.78, 5) is 1.38. The number of allylic oxidation sites excluding steroid dienone is 1. The van der Waals surface area contributed by atoms with E-state index in [9.17, 15) is 0 Å². The minimum Gasteiger partial charge on any atom is -0.312 e. The maximum atomic E-state index is 3.44. The number of hydrogen-bond donors (Lipinski definition) is 1. The van der Waals surface area contributed by atoms with Gasteiger partial charge in [0.25, 0.3) is 0 Å². The maximum Gasteiger partial charge on any atom is 0.0300 e. The Hall–Kier alpha value is -0.120. The predicted octanol–water partition coefficient (Wildman–Crippen LogP) is 3.57. The summed E-state index contributed by atoms with van der Waals surface area (Å²) in [5, 5.41) is 5.50. The molecule has 0 aliphatic carbocycles. The first-order valence-electron chi connectivity index (χ1n) is 4.37. The second-order valence-electron chi connectivity index (χ2n) is 2.77. The van der Waals surface area contributed by atoms with Crippen LogP contribution in [-0.4, -0.2) is 6.54 Å². The number of nitrogens with one attached hydrogen (secondary N) is 1. The molecular formula is C10H14BrNS. The van der Waals surface area contributed by atoms with Crippen LogP contribution < -0.4 is 5.32 Å². The van der Waals surface area contributed by atoms with E-state index in [1.807, 2.05) is 0 Å². The van der Waals surface area contributed by atoms with Crippen molar-refractivity contribution in [3.05, 3.63) is 32.9 Å². The molecule has 72 valence electrons. The Kier molecular flexibility index (Phi) is 5.35. The quantitative estimate of drug-likeness (QED) is 0.630. The third-order valence-electron chi connectivity index (χ3n) is 1.64. The van der Waals surface area contributed by atoms with Gasteiger partial charge in [-0.3, -0.25) is 0 Å². The standard InChI is InChI=1S/C10H14BrNS/c1-2-3-4-5-12-7-10-6-9(11)8-13-10/h2-3,6,8,12H,4-5,7H2,1H3/b3-2+. The van der Waals surface area contributed by atoms with Gasteiger partial charge in [-0.1, -0.05) is 12.2 Å². The van der Waals surface area contributed by atoms with Gasteiger partial charge in [0.15, 0.2) is 0 Å². The first-order chi connectivity index (χ1) is 6.33. The van der Waals surface area contributed by atoms with E-state index in [4.69, 9.17) is 0 Å². The van der Waals surface area contributed by atoms with E-state index in [1.165, 1.54) is 9.35 Å². The van der Waals surface area contributed by atoms with E-state index >= 15 is 0 Å². The summed E-state index contributed by atoms with van der Waals surface area (Å²) in [6, 6.07) is 2.16. The van der Waals surface area contributed by atoms with Gasteiger partial charge in [0.05, 0.1) is 0 Å². The van der Waals surface area contributed by atoms with Crippen molar-refractivity contribution in [2.24, 2.45) is 0 Å². The highest BCUT2D eigenvalue weighted by Crippen LogP contribution is 2.19.